The molecule has 0 saturated carbocycles. The van der Waals surface area contributed by atoms with Crippen LogP contribution >= 0.6 is 0 Å². The summed E-state index contributed by atoms with van der Waals surface area (Å²) >= 11 is 0. The van der Waals surface area contributed by atoms with E-state index >= 15 is 0 Å². The van der Waals surface area contributed by atoms with Crippen LogP contribution in [0.2, 0.25) is 0 Å². The standard InChI is InChI=1S/C16H29N5/c1-6-10-17-15-13(4)16(19-14(5)18-15)20-21-11(2)8-7-9-12(21)3/h11-12H,6-10H2,1-5H3,(H2,17,18,19,20). The van der Waals surface area contributed by atoms with Crippen LogP contribution in [-0.2, 0) is 0 Å². The molecule has 0 spiro atoms. The molecule has 0 aromatic carbocycles. The molecule has 0 aliphatic carbocycles. The second kappa shape index (κ2) is 7.07. The van der Waals surface area contributed by atoms with Crippen LogP contribution in [0.15, 0.2) is 0 Å². The summed E-state index contributed by atoms with van der Waals surface area (Å²) in [5.41, 5.74) is 4.64. The van der Waals surface area contributed by atoms with Crippen molar-refractivity contribution in [3.63, 3.8) is 0 Å². The summed E-state index contributed by atoms with van der Waals surface area (Å²) < 4.78 is 0. The predicted molar refractivity (Wildman–Crippen MR) is 88.5 cm³/mol. The van der Waals surface area contributed by atoms with E-state index in [4.69, 9.17) is 0 Å². The van der Waals surface area contributed by atoms with E-state index in [2.05, 4.69) is 53.4 Å². The van der Waals surface area contributed by atoms with Crippen molar-refractivity contribution in [2.24, 2.45) is 0 Å². The van der Waals surface area contributed by atoms with E-state index in [-0.39, 0.29) is 0 Å². The van der Waals surface area contributed by atoms with Gasteiger partial charge in [-0.25, -0.2) is 15.0 Å². The van der Waals surface area contributed by atoms with E-state index in [0.29, 0.717) is 12.1 Å². The van der Waals surface area contributed by atoms with Crippen molar-refractivity contribution in [1.29, 1.82) is 0 Å². The molecule has 118 valence electrons. The molecule has 0 amide bonds. The van der Waals surface area contributed by atoms with Crippen molar-refractivity contribution in [1.82, 2.24) is 15.0 Å². The fourth-order valence-electron chi connectivity index (χ4n) is 2.92. The van der Waals surface area contributed by atoms with Crippen molar-refractivity contribution in [3.05, 3.63) is 11.4 Å². The third kappa shape index (κ3) is 3.84. The van der Waals surface area contributed by atoms with Crippen molar-refractivity contribution in [2.75, 3.05) is 17.3 Å². The Morgan fingerprint density at radius 3 is 2.33 bits per heavy atom. The maximum atomic E-state index is 4.60. The fraction of sp³-hybridized carbons (Fsp3) is 0.750. The SMILES string of the molecule is CCCNc1nc(C)nc(NN2C(C)CCCC2C)c1C. The first-order valence-electron chi connectivity index (χ1n) is 8.17. The maximum Gasteiger partial charge on any atom is 0.149 e. The number of nitrogens with zero attached hydrogens (tertiary/aromatic N) is 3. The number of aryl methyl sites for hydroxylation is 1. The highest BCUT2D eigenvalue weighted by Gasteiger charge is 2.25. The Hall–Kier alpha value is -1.36. The van der Waals surface area contributed by atoms with Crippen LogP contribution in [0.5, 0.6) is 0 Å². The van der Waals surface area contributed by atoms with E-state index < -0.39 is 0 Å². The lowest BCUT2D eigenvalue weighted by Gasteiger charge is -2.39. The van der Waals surface area contributed by atoms with E-state index in [1.807, 2.05) is 6.92 Å². The molecule has 5 nitrogen and oxygen atoms in total. The highest BCUT2D eigenvalue weighted by molar-refractivity contribution is 5.56. The van der Waals surface area contributed by atoms with E-state index in [0.717, 1.165) is 36.0 Å². The van der Waals surface area contributed by atoms with Crippen LogP contribution in [0.4, 0.5) is 11.6 Å². The number of aromatic nitrogens is 2. The Labute approximate surface area is 128 Å². The van der Waals surface area contributed by atoms with E-state index in [9.17, 15) is 0 Å². The lowest BCUT2D eigenvalue weighted by Crippen LogP contribution is -2.47. The van der Waals surface area contributed by atoms with Crippen molar-refractivity contribution >= 4 is 11.6 Å². The lowest BCUT2D eigenvalue weighted by atomic mass is 10.00. The first kappa shape index (κ1) is 16.0. The summed E-state index contributed by atoms with van der Waals surface area (Å²) in [6.07, 6.45) is 4.87. The molecule has 1 aliphatic heterocycles. The van der Waals surface area contributed by atoms with Crippen molar-refractivity contribution in [3.8, 4) is 0 Å². The average Bonchev–Trinajstić information content (AvgIpc) is 2.44. The molecule has 2 atom stereocenters. The predicted octanol–water partition coefficient (Wildman–Crippen LogP) is 3.51. The summed E-state index contributed by atoms with van der Waals surface area (Å²) in [4.78, 5) is 9.12. The topological polar surface area (TPSA) is 53.1 Å². The number of piperidine rings is 1. The van der Waals surface area contributed by atoms with Gasteiger partial charge in [0.2, 0.25) is 0 Å². The summed E-state index contributed by atoms with van der Waals surface area (Å²) in [5, 5.41) is 5.74. The molecular formula is C16H29N5. The van der Waals surface area contributed by atoms with Crippen LogP contribution in [0.1, 0.15) is 57.8 Å². The van der Waals surface area contributed by atoms with Gasteiger partial charge in [-0.15, -0.1) is 0 Å². The number of hydrogen-bond donors (Lipinski definition) is 2. The Bertz CT molecular complexity index is 464. The average molecular weight is 291 g/mol. The van der Waals surface area contributed by atoms with Crippen LogP contribution in [-0.4, -0.2) is 33.6 Å². The van der Waals surface area contributed by atoms with Gasteiger partial charge in [0.1, 0.15) is 17.5 Å². The van der Waals surface area contributed by atoms with Crippen LogP contribution in [0.3, 0.4) is 0 Å². The van der Waals surface area contributed by atoms with Gasteiger partial charge in [0, 0.05) is 24.2 Å². The molecule has 21 heavy (non-hydrogen) atoms. The summed E-state index contributed by atoms with van der Waals surface area (Å²) in [6.45, 7) is 11.7. The Morgan fingerprint density at radius 2 is 1.71 bits per heavy atom. The van der Waals surface area contributed by atoms with Gasteiger partial charge in [0.25, 0.3) is 0 Å². The molecule has 0 radical (unpaired) electrons. The number of hydrogen-bond acceptors (Lipinski definition) is 5. The highest BCUT2D eigenvalue weighted by Crippen LogP contribution is 2.26. The molecule has 2 heterocycles. The van der Waals surface area contributed by atoms with Gasteiger partial charge >= 0.3 is 0 Å². The Balaban J connectivity index is 2.20. The largest absolute Gasteiger partial charge is 0.370 e. The van der Waals surface area contributed by atoms with E-state index in [1.54, 1.807) is 0 Å². The molecule has 1 fully saturated rings. The lowest BCUT2D eigenvalue weighted by molar-refractivity contribution is 0.135. The van der Waals surface area contributed by atoms with Gasteiger partial charge < -0.3 is 10.7 Å². The molecule has 1 aliphatic rings. The third-order valence-corrected chi connectivity index (χ3v) is 4.23. The van der Waals surface area contributed by atoms with Gasteiger partial charge in [-0.05, 0) is 47.0 Å². The second-order valence-electron chi connectivity index (χ2n) is 6.17. The summed E-state index contributed by atoms with van der Waals surface area (Å²) in [5.74, 6) is 2.69. The van der Waals surface area contributed by atoms with Crippen molar-refractivity contribution < 1.29 is 0 Å². The molecule has 2 unspecified atom stereocenters. The zero-order valence-corrected chi connectivity index (χ0v) is 14.0. The molecule has 5 heteroatoms. The minimum absolute atomic E-state index is 0.537. The maximum absolute atomic E-state index is 4.60. The van der Waals surface area contributed by atoms with Gasteiger partial charge in [0.15, 0.2) is 0 Å². The first-order chi connectivity index (χ1) is 10.0. The number of nitrogens with one attached hydrogen (secondary N) is 2. The highest BCUT2D eigenvalue weighted by atomic mass is 15.5. The minimum atomic E-state index is 0.537. The molecule has 1 saturated heterocycles. The van der Waals surface area contributed by atoms with Crippen LogP contribution in [0, 0.1) is 13.8 Å². The zero-order chi connectivity index (χ0) is 15.4. The normalized spacial score (nSPS) is 23.1. The monoisotopic (exact) mass is 291 g/mol. The molecule has 2 rings (SSSR count). The van der Waals surface area contributed by atoms with Gasteiger partial charge in [-0.3, -0.25) is 0 Å². The third-order valence-electron chi connectivity index (χ3n) is 4.23. The molecule has 1 aromatic rings. The fourth-order valence-corrected chi connectivity index (χ4v) is 2.92. The number of hydrazine groups is 1. The van der Waals surface area contributed by atoms with Crippen molar-refractivity contribution in [2.45, 2.75) is 72.4 Å². The first-order valence-corrected chi connectivity index (χ1v) is 8.17. The molecule has 1 aromatic heterocycles. The Morgan fingerprint density at radius 1 is 1.10 bits per heavy atom. The summed E-state index contributed by atoms with van der Waals surface area (Å²) in [7, 11) is 0. The number of rotatable bonds is 5. The quantitative estimate of drug-likeness (QED) is 0.869. The Kier molecular flexibility index (Phi) is 5.39. The molecular weight excluding hydrogens is 262 g/mol. The zero-order valence-electron chi connectivity index (χ0n) is 14.0. The second-order valence-corrected chi connectivity index (χ2v) is 6.17. The van der Waals surface area contributed by atoms with Crippen LogP contribution < -0.4 is 10.7 Å². The summed E-state index contributed by atoms with van der Waals surface area (Å²) in [6, 6.07) is 1.07. The number of anilines is 2. The van der Waals surface area contributed by atoms with Gasteiger partial charge in [-0.1, -0.05) is 13.3 Å². The van der Waals surface area contributed by atoms with Gasteiger partial charge in [-0.2, -0.15) is 0 Å². The molecule has 2 N–H and O–H groups in total. The van der Waals surface area contributed by atoms with Crippen LogP contribution in [0.25, 0.3) is 0 Å². The van der Waals surface area contributed by atoms with E-state index in [1.165, 1.54) is 19.3 Å². The molecule has 0 bridgehead atoms. The minimum Gasteiger partial charge on any atom is -0.370 e. The van der Waals surface area contributed by atoms with Gasteiger partial charge in [0.05, 0.1) is 0 Å². The smallest absolute Gasteiger partial charge is 0.149 e.